The Hall–Kier alpha value is -1.10. The van der Waals surface area contributed by atoms with E-state index in [1.807, 2.05) is 0 Å². The Balaban J connectivity index is 2.66. The van der Waals surface area contributed by atoms with E-state index in [0.29, 0.717) is 13.0 Å². The summed E-state index contributed by atoms with van der Waals surface area (Å²) in [4.78, 5) is 21.6. The second kappa shape index (κ2) is 4.41. The Morgan fingerprint density at radius 2 is 1.71 bits per heavy atom. The molecule has 5 heteroatoms. The lowest BCUT2D eigenvalue weighted by atomic mass is 10.2. The van der Waals surface area contributed by atoms with E-state index in [4.69, 9.17) is 14.2 Å². The third-order valence-electron chi connectivity index (χ3n) is 1.80. The fourth-order valence-electron chi connectivity index (χ4n) is 1.36. The average molecular weight is 202 g/mol. The average Bonchev–Trinajstić information content (AvgIpc) is 2.01. The zero-order chi connectivity index (χ0) is 10.6. The van der Waals surface area contributed by atoms with Crippen LogP contribution >= 0.6 is 0 Å². The number of ether oxygens (including phenoxy) is 3. The van der Waals surface area contributed by atoms with Crippen LogP contribution in [-0.2, 0) is 23.8 Å². The van der Waals surface area contributed by atoms with Crippen LogP contribution in [-0.4, -0.2) is 24.5 Å². The fourth-order valence-corrected chi connectivity index (χ4v) is 1.36. The molecule has 5 nitrogen and oxygen atoms in total. The van der Waals surface area contributed by atoms with Gasteiger partial charge in [-0.05, 0) is 12.8 Å². The number of hydrogen-bond donors (Lipinski definition) is 0. The summed E-state index contributed by atoms with van der Waals surface area (Å²) in [6.07, 6.45) is 2.08. The van der Waals surface area contributed by atoms with Crippen molar-refractivity contribution in [2.45, 2.75) is 39.1 Å². The number of carbonyl (C=O) groups excluding carboxylic acids is 2. The smallest absolute Gasteiger partial charge is 0.375 e. The molecule has 0 saturated carbocycles. The molecule has 0 spiro atoms. The lowest BCUT2D eigenvalue weighted by Crippen LogP contribution is -2.44. The molecule has 1 aliphatic rings. The first-order chi connectivity index (χ1) is 6.54. The lowest BCUT2D eigenvalue weighted by molar-refractivity contribution is -0.357. The van der Waals surface area contributed by atoms with E-state index in [1.54, 1.807) is 0 Å². The molecule has 0 amide bonds. The Labute approximate surface area is 82.3 Å². The molecule has 0 aliphatic carbocycles. The summed E-state index contributed by atoms with van der Waals surface area (Å²) in [6.45, 7) is 2.94. The van der Waals surface area contributed by atoms with Crippen molar-refractivity contribution in [3.8, 4) is 0 Å². The molecule has 0 aromatic carbocycles. The van der Waals surface area contributed by atoms with Crippen LogP contribution in [0.2, 0.25) is 0 Å². The highest BCUT2D eigenvalue weighted by atomic mass is 16.9. The zero-order valence-electron chi connectivity index (χ0n) is 8.37. The Kier molecular flexibility index (Phi) is 3.46. The van der Waals surface area contributed by atoms with Crippen molar-refractivity contribution in [2.24, 2.45) is 0 Å². The molecule has 0 radical (unpaired) electrons. The topological polar surface area (TPSA) is 61.8 Å². The highest BCUT2D eigenvalue weighted by Gasteiger charge is 2.40. The first kappa shape index (κ1) is 11.0. The minimum absolute atomic E-state index is 0.395. The van der Waals surface area contributed by atoms with Crippen LogP contribution in [0.5, 0.6) is 0 Å². The van der Waals surface area contributed by atoms with Gasteiger partial charge < -0.3 is 14.2 Å². The van der Waals surface area contributed by atoms with Crippen LogP contribution in [0.3, 0.4) is 0 Å². The summed E-state index contributed by atoms with van der Waals surface area (Å²) in [5, 5.41) is 0. The van der Waals surface area contributed by atoms with Gasteiger partial charge in [-0.3, -0.25) is 9.59 Å². The van der Waals surface area contributed by atoms with Gasteiger partial charge in [0.1, 0.15) is 0 Å². The van der Waals surface area contributed by atoms with Gasteiger partial charge >= 0.3 is 17.9 Å². The normalized spacial score (nSPS) is 19.9. The predicted octanol–water partition coefficient (Wildman–Crippen LogP) is 0.967. The lowest BCUT2D eigenvalue weighted by Gasteiger charge is -2.34. The van der Waals surface area contributed by atoms with Gasteiger partial charge in [0.25, 0.3) is 0 Å². The third kappa shape index (κ3) is 2.99. The number of esters is 2. The first-order valence-corrected chi connectivity index (χ1v) is 4.57. The molecule has 0 aromatic rings. The molecule has 1 saturated heterocycles. The quantitative estimate of drug-likeness (QED) is 0.493. The van der Waals surface area contributed by atoms with Crippen molar-refractivity contribution >= 4 is 11.9 Å². The highest BCUT2D eigenvalue weighted by molar-refractivity contribution is 5.68. The van der Waals surface area contributed by atoms with E-state index in [0.717, 1.165) is 12.8 Å². The molecule has 0 aromatic heterocycles. The zero-order valence-corrected chi connectivity index (χ0v) is 8.37. The van der Waals surface area contributed by atoms with Gasteiger partial charge in [0, 0.05) is 13.8 Å². The van der Waals surface area contributed by atoms with E-state index in [1.165, 1.54) is 13.8 Å². The van der Waals surface area contributed by atoms with Crippen molar-refractivity contribution in [1.82, 2.24) is 0 Å². The standard InChI is InChI=1S/C9H14O5/c1-7(10)13-9(14-8(2)11)5-3-4-6-12-9/h3-6H2,1-2H3. The molecule has 1 fully saturated rings. The van der Waals surface area contributed by atoms with Crippen molar-refractivity contribution < 1.29 is 23.8 Å². The predicted molar refractivity (Wildman–Crippen MR) is 46.1 cm³/mol. The maximum absolute atomic E-state index is 10.8. The molecule has 0 unspecified atom stereocenters. The van der Waals surface area contributed by atoms with E-state index >= 15 is 0 Å². The Morgan fingerprint density at radius 1 is 1.14 bits per heavy atom. The summed E-state index contributed by atoms with van der Waals surface area (Å²) in [5.74, 6) is -2.52. The van der Waals surface area contributed by atoms with E-state index in [2.05, 4.69) is 0 Å². The van der Waals surface area contributed by atoms with Crippen LogP contribution in [0.4, 0.5) is 0 Å². The largest absolute Gasteiger partial charge is 0.398 e. The maximum Gasteiger partial charge on any atom is 0.375 e. The van der Waals surface area contributed by atoms with Crippen molar-refractivity contribution in [3.63, 3.8) is 0 Å². The first-order valence-electron chi connectivity index (χ1n) is 4.57. The summed E-state index contributed by atoms with van der Waals surface area (Å²) < 4.78 is 15.0. The summed E-state index contributed by atoms with van der Waals surface area (Å²) in [7, 11) is 0. The van der Waals surface area contributed by atoms with Gasteiger partial charge in [-0.1, -0.05) is 0 Å². The van der Waals surface area contributed by atoms with Crippen LogP contribution in [0.1, 0.15) is 33.1 Å². The van der Waals surface area contributed by atoms with Gasteiger partial charge in [-0.25, -0.2) is 0 Å². The van der Waals surface area contributed by atoms with Gasteiger partial charge in [0.15, 0.2) is 0 Å². The van der Waals surface area contributed by atoms with Crippen molar-refractivity contribution in [3.05, 3.63) is 0 Å². The monoisotopic (exact) mass is 202 g/mol. The van der Waals surface area contributed by atoms with Crippen LogP contribution in [0, 0.1) is 0 Å². The van der Waals surface area contributed by atoms with Crippen molar-refractivity contribution in [2.75, 3.05) is 6.61 Å². The number of carbonyl (C=O) groups is 2. The van der Waals surface area contributed by atoms with Gasteiger partial charge in [0.2, 0.25) is 0 Å². The van der Waals surface area contributed by atoms with E-state index < -0.39 is 17.9 Å². The highest BCUT2D eigenvalue weighted by Crippen LogP contribution is 2.27. The molecule has 0 bridgehead atoms. The minimum Gasteiger partial charge on any atom is -0.398 e. The molecule has 1 aliphatic heterocycles. The molecule has 80 valence electrons. The summed E-state index contributed by atoms with van der Waals surface area (Å²) in [6, 6.07) is 0. The fraction of sp³-hybridized carbons (Fsp3) is 0.778. The van der Waals surface area contributed by atoms with Crippen molar-refractivity contribution in [1.29, 1.82) is 0 Å². The van der Waals surface area contributed by atoms with Gasteiger partial charge in [-0.15, -0.1) is 0 Å². The Morgan fingerprint density at radius 3 is 2.07 bits per heavy atom. The maximum atomic E-state index is 10.8. The number of rotatable bonds is 2. The molecular weight excluding hydrogens is 188 g/mol. The second-order valence-corrected chi connectivity index (χ2v) is 3.18. The third-order valence-corrected chi connectivity index (χ3v) is 1.80. The molecule has 1 rings (SSSR count). The van der Waals surface area contributed by atoms with Gasteiger partial charge in [-0.2, -0.15) is 0 Å². The van der Waals surface area contributed by atoms with Crippen LogP contribution in [0.15, 0.2) is 0 Å². The summed E-state index contributed by atoms with van der Waals surface area (Å²) >= 11 is 0. The SMILES string of the molecule is CC(=O)OC1(OC(C)=O)CCCCO1. The molecule has 1 heterocycles. The molecule has 0 atom stereocenters. The summed E-state index contributed by atoms with van der Waals surface area (Å²) in [5.41, 5.74) is 0. The molecule has 0 N–H and O–H groups in total. The second-order valence-electron chi connectivity index (χ2n) is 3.18. The van der Waals surface area contributed by atoms with E-state index in [9.17, 15) is 9.59 Å². The minimum atomic E-state index is -1.48. The number of hydrogen-bond acceptors (Lipinski definition) is 5. The van der Waals surface area contributed by atoms with Crippen LogP contribution in [0.25, 0.3) is 0 Å². The molecule has 14 heavy (non-hydrogen) atoms. The van der Waals surface area contributed by atoms with E-state index in [-0.39, 0.29) is 0 Å². The van der Waals surface area contributed by atoms with Gasteiger partial charge in [0.05, 0.1) is 13.0 Å². The van der Waals surface area contributed by atoms with Crippen LogP contribution < -0.4 is 0 Å². The Bertz CT molecular complexity index is 211. The molecular formula is C9H14O5.